The van der Waals surface area contributed by atoms with Crippen molar-refractivity contribution in [3.63, 3.8) is 0 Å². The lowest BCUT2D eigenvalue weighted by molar-refractivity contribution is -0.135. The van der Waals surface area contributed by atoms with Crippen LogP contribution in [0, 0.1) is 0 Å². The number of ether oxygens (including phenoxy) is 6. The van der Waals surface area contributed by atoms with Gasteiger partial charge < -0.3 is 37.9 Å². The summed E-state index contributed by atoms with van der Waals surface area (Å²) in [7, 11) is 4.59. The molecule has 0 radical (unpaired) electrons. The highest BCUT2D eigenvalue weighted by Gasteiger charge is 2.34. The Morgan fingerprint density at radius 1 is 0.851 bits per heavy atom. The fourth-order valence-electron chi connectivity index (χ4n) is 6.32. The Morgan fingerprint density at radius 3 is 2.45 bits per heavy atom. The summed E-state index contributed by atoms with van der Waals surface area (Å²) in [5.41, 5.74) is 3.96. The molecule has 4 aromatic carbocycles. The summed E-state index contributed by atoms with van der Waals surface area (Å²) in [5.74, 6) is 1.64. The van der Waals surface area contributed by atoms with Crippen molar-refractivity contribution in [1.82, 2.24) is 0 Å². The minimum absolute atomic E-state index is 0.0169. The maximum absolute atomic E-state index is 13.9. The van der Waals surface area contributed by atoms with E-state index < -0.39 is 17.3 Å². The number of phenolic OH excluding ortho intramolecular Hbond substituents is 1. The number of hydrogen-bond donors (Lipinski definition) is 1. The average molecular weight is 637 g/mol. The molecule has 10 nitrogen and oxygen atoms in total. The molecule has 0 aliphatic carbocycles. The minimum atomic E-state index is -0.561. The Labute approximate surface area is 270 Å². The molecule has 0 saturated heterocycles. The lowest BCUT2D eigenvalue weighted by atomic mass is 9.84. The van der Waals surface area contributed by atoms with Gasteiger partial charge in [-0.1, -0.05) is 24.3 Å². The van der Waals surface area contributed by atoms with Crippen molar-refractivity contribution in [2.45, 2.75) is 25.2 Å². The highest BCUT2D eigenvalue weighted by molar-refractivity contribution is 5.94. The fraction of sp³-hybridized carbons (Fsp3) is 0.243. The first-order valence-corrected chi connectivity index (χ1v) is 15.2. The molecule has 47 heavy (non-hydrogen) atoms. The molecule has 1 N–H and O–H groups in total. The van der Waals surface area contributed by atoms with E-state index in [0.29, 0.717) is 53.8 Å². The third kappa shape index (κ3) is 5.45. The summed E-state index contributed by atoms with van der Waals surface area (Å²) in [6.45, 7) is 1.10. The molecular weight excluding hydrogens is 604 g/mol. The van der Waals surface area contributed by atoms with Crippen LogP contribution in [0.5, 0.6) is 40.2 Å². The molecule has 0 unspecified atom stereocenters. The minimum Gasteiger partial charge on any atom is -0.507 e. The molecule has 240 valence electrons. The van der Waals surface area contributed by atoms with Crippen molar-refractivity contribution in [2.75, 3.05) is 34.5 Å². The SMILES string of the molecule is COc1ccc(-c2coc3c4c(cc(O)c3c2=O)OC(=O)C[C@H]4c2ccc(OC)c(OCCc3ccc4c(c3)CCO4)c2)cc1OC. The van der Waals surface area contributed by atoms with Gasteiger partial charge in [0.2, 0.25) is 5.43 Å². The first-order valence-electron chi connectivity index (χ1n) is 15.2. The summed E-state index contributed by atoms with van der Waals surface area (Å²) < 4.78 is 39.8. The largest absolute Gasteiger partial charge is 0.507 e. The number of methoxy groups -OCH3 is 3. The lowest BCUT2D eigenvalue weighted by Crippen LogP contribution is -2.22. The normalized spacial score (nSPS) is 15.0. The third-order valence-corrected chi connectivity index (χ3v) is 8.66. The Kier molecular flexibility index (Phi) is 7.85. The number of benzene rings is 4. The van der Waals surface area contributed by atoms with Gasteiger partial charge >= 0.3 is 5.97 Å². The Morgan fingerprint density at radius 2 is 1.64 bits per heavy atom. The van der Waals surface area contributed by atoms with Gasteiger partial charge in [-0.3, -0.25) is 9.59 Å². The molecule has 0 spiro atoms. The number of fused-ring (bicyclic) bond motifs is 4. The predicted molar refractivity (Wildman–Crippen MR) is 173 cm³/mol. The molecule has 7 rings (SSSR count). The van der Waals surface area contributed by atoms with Crippen LogP contribution < -0.4 is 33.8 Å². The highest BCUT2D eigenvalue weighted by atomic mass is 16.5. The molecule has 2 aliphatic rings. The monoisotopic (exact) mass is 636 g/mol. The quantitative estimate of drug-likeness (QED) is 0.148. The van der Waals surface area contributed by atoms with Gasteiger partial charge in [-0.15, -0.1) is 0 Å². The zero-order valence-electron chi connectivity index (χ0n) is 26.1. The number of carbonyl (C=O) groups is 1. The van der Waals surface area contributed by atoms with Gasteiger partial charge in [0.1, 0.15) is 34.5 Å². The molecule has 1 aromatic heterocycles. The first kappa shape index (κ1) is 30.0. The number of aromatic hydroxyl groups is 1. The first-order chi connectivity index (χ1) is 22.9. The number of carbonyl (C=O) groups excluding carboxylic acids is 1. The van der Waals surface area contributed by atoms with Gasteiger partial charge in [-0.2, -0.15) is 0 Å². The van der Waals surface area contributed by atoms with Gasteiger partial charge in [0.05, 0.1) is 46.5 Å². The van der Waals surface area contributed by atoms with Crippen LogP contribution in [0.3, 0.4) is 0 Å². The maximum Gasteiger partial charge on any atom is 0.312 e. The van der Waals surface area contributed by atoms with Crippen LogP contribution in [0.2, 0.25) is 0 Å². The van der Waals surface area contributed by atoms with E-state index >= 15 is 0 Å². The summed E-state index contributed by atoms with van der Waals surface area (Å²) in [6, 6.07) is 18.0. The summed E-state index contributed by atoms with van der Waals surface area (Å²) >= 11 is 0. The second-order valence-electron chi connectivity index (χ2n) is 11.3. The van der Waals surface area contributed by atoms with Crippen molar-refractivity contribution in [3.05, 3.63) is 99.4 Å². The third-order valence-electron chi connectivity index (χ3n) is 8.66. The molecule has 0 saturated carbocycles. The number of rotatable bonds is 9. The molecule has 3 heterocycles. The van der Waals surface area contributed by atoms with Crippen LogP contribution in [0.4, 0.5) is 0 Å². The van der Waals surface area contributed by atoms with Crippen molar-refractivity contribution < 1.29 is 42.7 Å². The van der Waals surface area contributed by atoms with Crippen molar-refractivity contribution in [1.29, 1.82) is 0 Å². The van der Waals surface area contributed by atoms with Crippen LogP contribution in [0.15, 0.2) is 76.1 Å². The molecular formula is C37H32O10. The number of hydrogen-bond acceptors (Lipinski definition) is 10. The van der Waals surface area contributed by atoms with E-state index in [9.17, 15) is 14.7 Å². The van der Waals surface area contributed by atoms with Crippen molar-refractivity contribution in [3.8, 4) is 51.4 Å². The molecule has 0 amide bonds. The predicted octanol–water partition coefficient (Wildman–Crippen LogP) is 6.19. The zero-order chi connectivity index (χ0) is 32.7. The average Bonchev–Trinajstić information content (AvgIpc) is 3.55. The molecule has 0 bridgehead atoms. The van der Waals surface area contributed by atoms with Gasteiger partial charge in [0.25, 0.3) is 0 Å². The number of esters is 1. The second-order valence-corrected chi connectivity index (χ2v) is 11.3. The summed E-state index contributed by atoms with van der Waals surface area (Å²) in [4.78, 5) is 26.7. The van der Waals surface area contributed by atoms with Crippen LogP contribution in [-0.4, -0.2) is 45.6 Å². The van der Waals surface area contributed by atoms with Crippen molar-refractivity contribution >= 4 is 16.9 Å². The smallest absolute Gasteiger partial charge is 0.312 e. The van der Waals surface area contributed by atoms with E-state index in [-0.39, 0.29) is 34.5 Å². The Balaban J connectivity index is 1.25. The molecule has 5 aromatic rings. The van der Waals surface area contributed by atoms with E-state index in [1.54, 1.807) is 31.4 Å². The second kappa shape index (κ2) is 12.3. The standard InChI is InChI=1S/C37H32O10/c1-41-28-8-6-22(15-30(28)43-3)25-19-46-37-34-24(17-33(39)47-32(34)18-26(38)35(37)36(25)40)21-5-9-29(42-2)31(16-21)45-12-10-20-4-7-27-23(14-20)11-13-44-27/h4-9,14-16,18-19,24,38H,10-13,17H2,1-3H3/t24-/m0/s1. The Hall–Kier alpha value is -5.64. The molecule has 1 atom stereocenters. The van der Waals surface area contributed by atoms with Gasteiger partial charge in [-0.25, -0.2) is 0 Å². The topological polar surface area (TPSA) is 123 Å². The van der Waals surface area contributed by atoms with Crippen molar-refractivity contribution in [2.24, 2.45) is 0 Å². The van der Waals surface area contributed by atoms with E-state index in [1.165, 1.54) is 32.1 Å². The summed E-state index contributed by atoms with van der Waals surface area (Å²) in [6.07, 6.45) is 2.90. The van der Waals surface area contributed by atoms with Gasteiger partial charge in [0.15, 0.2) is 23.0 Å². The van der Waals surface area contributed by atoms with E-state index in [2.05, 4.69) is 6.07 Å². The van der Waals surface area contributed by atoms with Crippen LogP contribution >= 0.6 is 0 Å². The van der Waals surface area contributed by atoms with E-state index in [0.717, 1.165) is 23.3 Å². The van der Waals surface area contributed by atoms with Crippen LogP contribution in [0.1, 0.15) is 34.6 Å². The molecule has 10 heteroatoms. The van der Waals surface area contributed by atoms with E-state index in [4.69, 9.17) is 32.8 Å². The summed E-state index contributed by atoms with van der Waals surface area (Å²) in [5, 5.41) is 11.0. The van der Waals surface area contributed by atoms with E-state index in [1.807, 2.05) is 24.3 Å². The van der Waals surface area contributed by atoms with Gasteiger partial charge in [0, 0.05) is 30.4 Å². The van der Waals surface area contributed by atoms with Gasteiger partial charge in [-0.05, 0) is 52.6 Å². The molecule has 0 fully saturated rings. The molecule has 2 aliphatic heterocycles. The Bertz CT molecular complexity index is 2080. The fourth-order valence-corrected chi connectivity index (χ4v) is 6.32. The van der Waals surface area contributed by atoms with Crippen LogP contribution in [-0.2, 0) is 17.6 Å². The zero-order valence-corrected chi connectivity index (χ0v) is 26.1. The van der Waals surface area contributed by atoms with Crippen LogP contribution in [0.25, 0.3) is 22.1 Å². The lowest BCUT2D eigenvalue weighted by Gasteiger charge is -2.26. The number of phenols is 1. The highest BCUT2D eigenvalue weighted by Crippen LogP contribution is 2.47. The maximum atomic E-state index is 13.9.